The molecule has 2 aliphatic heterocycles. The topological polar surface area (TPSA) is 18.5 Å². The molecule has 0 aromatic rings. The van der Waals surface area contributed by atoms with Crippen molar-refractivity contribution in [1.29, 1.82) is 0 Å². The van der Waals surface area contributed by atoms with Gasteiger partial charge in [-0.25, -0.2) is 0 Å². The Morgan fingerprint density at radius 1 is 0.905 bits per heavy atom. The smallest absolute Gasteiger partial charge is 0.0235 e. The van der Waals surface area contributed by atoms with Gasteiger partial charge in [-0.2, -0.15) is 0 Å². The maximum Gasteiger partial charge on any atom is 0.0235 e. The lowest BCUT2D eigenvalue weighted by atomic mass is 9.78. The molecule has 1 saturated carbocycles. The van der Waals surface area contributed by atoms with Gasteiger partial charge in [-0.1, -0.05) is 6.42 Å². The maximum atomic E-state index is 3.71. The summed E-state index contributed by atoms with van der Waals surface area (Å²) in [6.45, 7) is 13.5. The van der Waals surface area contributed by atoms with E-state index in [-0.39, 0.29) is 5.54 Å². The predicted molar refractivity (Wildman–Crippen MR) is 89.7 cm³/mol. The predicted octanol–water partition coefficient (Wildman–Crippen LogP) is 2.71. The molecule has 3 rings (SSSR count). The van der Waals surface area contributed by atoms with Gasteiger partial charge in [0.15, 0.2) is 0 Å². The van der Waals surface area contributed by atoms with Gasteiger partial charge in [0.2, 0.25) is 0 Å². The van der Waals surface area contributed by atoms with E-state index < -0.39 is 0 Å². The van der Waals surface area contributed by atoms with Crippen LogP contribution in [0.1, 0.15) is 59.3 Å². The van der Waals surface area contributed by atoms with Gasteiger partial charge >= 0.3 is 0 Å². The third kappa shape index (κ3) is 4.00. The first kappa shape index (κ1) is 15.8. The molecule has 21 heavy (non-hydrogen) atoms. The van der Waals surface area contributed by atoms with E-state index in [0.717, 1.165) is 18.0 Å². The van der Waals surface area contributed by atoms with Crippen molar-refractivity contribution >= 4 is 0 Å². The Morgan fingerprint density at radius 2 is 1.67 bits per heavy atom. The summed E-state index contributed by atoms with van der Waals surface area (Å²) in [5, 5.41) is 3.71. The van der Waals surface area contributed by atoms with E-state index in [9.17, 15) is 0 Å². The monoisotopic (exact) mass is 293 g/mol. The molecule has 122 valence electrons. The van der Waals surface area contributed by atoms with Crippen molar-refractivity contribution in [1.82, 2.24) is 15.1 Å². The maximum absolute atomic E-state index is 3.71. The third-order valence-corrected chi connectivity index (χ3v) is 5.84. The zero-order chi connectivity index (χ0) is 14.9. The van der Waals surface area contributed by atoms with E-state index in [2.05, 4.69) is 35.9 Å². The molecule has 2 saturated heterocycles. The summed E-state index contributed by atoms with van der Waals surface area (Å²) in [6.07, 6.45) is 8.59. The van der Waals surface area contributed by atoms with Crippen LogP contribution in [0.25, 0.3) is 0 Å². The highest BCUT2D eigenvalue weighted by molar-refractivity contribution is 4.96. The summed E-state index contributed by atoms with van der Waals surface area (Å²) in [6, 6.07) is 1.73. The van der Waals surface area contributed by atoms with Crippen molar-refractivity contribution in [2.24, 2.45) is 5.92 Å². The summed E-state index contributed by atoms with van der Waals surface area (Å²) in [4.78, 5) is 5.60. The summed E-state index contributed by atoms with van der Waals surface area (Å²) < 4.78 is 0. The van der Waals surface area contributed by atoms with Crippen LogP contribution >= 0.6 is 0 Å². The summed E-state index contributed by atoms with van der Waals surface area (Å²) >= 11 is 0. The number of nitrogens with zero attached hydrogens (tertiary/aromatic N) is 2. The molecule has 3 atom stereocenters. The zero-order valence-corrected chi connectivity index (χ0v) is 14.4. The van der Waals surface area contributed by atoms with E-state index in [0.29, 0.717) is 0 Å². The fourth-order valence-corrected chi connectivity index (χ4v) is 4.36. The Morgan fingerprint density at radius 3 is 2.29 bits per heavy atom. The Labute approximate surface area is 131 Å². The van der Waals surface area contributed by atoms with E-state index in [4.69, 9.17) is 0 Å². The SMILES string of the molecule is CC(C)(C)NCC1CCC1N1CCC(N2CCCCC2)C1. The molecule has 0 amide bonds. The van der Waals surface area contributed by atoms with E-state index in [1.165, 1.54) is 71.2 Å². The fourth-order valence-electron chi connectivity index (χ4n) is 4.36. The average molecular weight is 293 g/mol. The number of hydrogen-bond acceptors (Lipinski definition) is 3. The summed E-state index contributed by atoms with van der Waals surface area (Å²) in [5.74, 6) is 0.893. The van der Waals surface area contributed by atoms with Gasteiger partial charge in [0.25, 0.3) is 0 Å². The van der Waals surface area contributed by atoms with Gasteiger partial charge in [-0.05, 0) is 78.4 Å². The molecule has 3 unspecified atom stereocenters. The molecule has 1 aliphatic carbocycles. The van der Waals surface area contributed by atoms with Gasteiger partial charge in [0, 0.05) is 30.7 Å². The molecule has 0 spiro atoms. The van der Waals surface area contributed by atoms with Crippen LogP contribution in [0.2, 0.25) is 0 Å². The standard InChI is InChI=1S/C18H35N3/c1-18(2,3)19-13-15-7-8-17(15)21-12-9-16(14-21)20-10-5-4-6-11-20/h15-17,19H,4-14H2,1-3H3. The molecule has 0 bridgehead atoms. The Bertz CT molecular complexity index is 330. The van der Waals surface area contributed by atoms with Crippen molar-refractivity contribution in [3.63, 3.8) is 0 Å². The molecule has 0 aromatic carbocycles. The first-order valence-corrected chi connectivity index (χ1v) is 9.26. The minimum absolute atomic E-state index is 0.265. The molecule has 1 N–H and O–H groups in total. The van der Waals surface area contributed by atoms with Crippen LogP contribution in [-0.2, 0) is 0 Å². The zero-order valence-electron chi connectivity index (χ0n) is 14.4. The second-order valence-electron chi connectivity index (χ2n) is 8.57. The van der Waals surface area contributed by atoms with Crippen LogP contribution in [0, 0.1) is 5.92 Å². The minimum Gasteiger partial charge on any atom is -0.312 e. The van der Waals surface area contributed by atoms with Gasteiger partial charge in [0.05, 0.1) is 0 Å². The van der Waals surface area contributed by atoms with Crippen LogP contribution in [0.5, 0.6) is 0 Å². The molecule has 0 radical (unpaired) electrons. The Kier molecular flexibility index (Phi) is 4.92. The average Bonchev–Trinajstić information content (AvgIpc) is 2.86. The van der Waals surface area contributed by atoms with Crippen LogP contribution in [-0.4, -0.2) is 60.1 Å². The first-order valence-electron chi connectivity index (χ1n) is 9.26. The van der Waals surface area contributed by atoms with E-state index >= 15 is 0 Å². The van der Waals surface area contributed by atoms with Crippen LogP contribution in [0.3, 0.4) is 0 Å². The molecular formula is C18H35N3. The lowest BCUT2D eigenvalue weighted by Crippen LogP contribution is -2.52. The molecule has 3 heteroatoms. The largest absolute Gasteiger partial charge is 0.312 e. The fraction of sp³-hybridized carbons (Fsp3) is 1.00. The molecule has 2 heterocycles. The van der Waals surface area contributed by atoms with Crippen LogP contribution < -0.4 is 5.32 Å². The van der Waals surface area contributed by atoms with Gasteiger partial charge in [-0.3, -0.25) is 9.80 Å². The Balaban J connectivity index is 1.45. The second kappa shape index (κ2) is 6.55. The Hall–Kier alpha value is -0.120. The lowest BCUT2D eigenvalue weighted by molar-refractivity contribution is 0.0672. The third-order valence-electron chi connectivity index (χ3n) is 5.84. The van der Waals surface area contributed by atoms with E-state index in [1.54, 1.807) is 0 Å². The van der Waals surface area contributed by atoms with Gasteiger partial charge in [-0.15, -0.1) is 0 Å². The molecule has 3 aliphatic rings. The molecule has 0 aromatic heterocycles. The molecule has 3 nitrogen and oxygen atoms in total. The normalized spacial score (nSPS) is 35.9. The number of likely N-dealkylation sites (tertiary alicyclic amines) is 2. The quantitative estimate of drug-likeness (QED) is 0.860. The van der Waals surface area contributed by atoms with Crippen molar-refractivity contribution < 1.29 is 0 Å². The highest BCUT2D eigenvalue weighted by Crippen LogP contribution is 2.35. The number of rotatable bonds is 4. The lowest BCUT2D eigenvalue weighted by Gasteiger charge is -2.44. The number of hydrogen-bond donors (Lipinski definition) is 1. The van der Waals surface area contributed by atoms with Crippen LogP contribution in [0.4, 0.5) is 0 Å². The van der Waals surface area contributed by atoms with Crippen molar-refractivity contribution in [2.75, 3.05) is 32.7 Å². The first-order chi connectivity index (χ1) is 10.0. The molecular weight excluding hydrogens is 258 g/mol. The summed E-state index contributed by atoms with van der Waals surface area (Å²) in [7, 11) is 0. The van der Waals surface area contributed by atoms with Crippen molar-refractivity contribution in [3.8, 4) is 0 Å². The number of piperidine rings is 1. The van der Waals surface area contributed by atoms with E-state index in [1.807, 2.05) is 0 Å². The highest BCUT2D eigenvalue weighted by atomic mass is 15.3. The second-order valence-corrected chi connectivity index (χ2v) is 8.57. The van der Waals surface area contributed by atoms with Gasteiger partial charge in [0.1, 0.15) is 0 Å². The van der Waals surface area contributed by atoms with Crippen LogP contribution in [0.15, 0.2) is 0 Å². The minimum atomic E-state index is 0.265. The van der Waals surface area contributed by atoms with Crippen molar-refractivity contribution in [2.45, 2.75) is 76.9 Å². The molecule has 3 fully saturated rings. The number of nitrogens with one attached hydrogen (secondary N) is 1. The summed E-state index contributed by atoms with van der Waals surface area (Å²) in [5.41, 5.74) is 0.265. The highest BCUT2D eigenvalue weighted by Gasteiger charge is 2.40. The van der Waals surface area contributed by atoms with Gasteiger partial charge < -0.3 is 5.32 Å². The van der Waals surface area contributed by atoms with Crippen molar-refractivity contribution in [3.05, 3.63) is 0 Å².